The molecule has 1 aliphatic rings. The van der Waals surface area contributed by atoms with Crippen molar-refractivity contribution in [2.75, 3.05) is 10.8 Å². The fourth-order valence-corrected chi connectivity index (χ4v) is 4.69. The standard InChI is InChI=1S/C17H20N4O2S/c1-13-5-3-6-15(11-13)21(10-4-9-18)24(22,23)17-16(14-7-8-14)12-19-20(17)2/h3,5-6,11-12,14H,4,7-8,10H2,1-2H3. The summed E-state index contributed by atoms with van der Waals surface area (Å²) in [5, 5.41) is 13.3. The normalized spacial score (nSPS) is 14.4. The van der Waals surface area contributed by atoms with Gasteiger partial charge in [-0.25, -0.2) is 0 Å². The van der Waals surface area contributed by atoms with Crippen LogP contribution in [0.15, 0.2) is 35.5 Å². The molecule has 7 heteroatoms. The van der Waals surface area contributed by atoms with Crippen LogP contribution in [0.2, 0.25) is 0 Å². The first-order chi connectivity index (χ1) is 11.4. The minimum absolute atomic E-state index is 0.123. The highest BCUT2D eigenvalue weighted by atomic mass is 32.2. The number of sulfonamides is 1. The molecule has 1 aromatic heterocycles. The minimum Gasteiger partial charge on any atom is -0.264 e. The van der Waals surface area contributed by atoms with Crippen LogP contribution in [0.3, 0.4) is 0 Å². The van der Waals surface area contributed by atoms with Crippen LogP contribution in [0.4, 0.5) is 5.69 Å². The highest BCUT2D eigenvalue weighted by Gasteiger charge is 2.36. The van der Waals surface area contributed by atoms with Crippen molar-refractivity contribution in [3.05, 3.63) is 41.6 Å². The van der Waals surface area contributed by atoms with Gasteiger partial charge in [-0.05, 0) is 43.4 Å². The lowest BCUT2D eigenvalue weighted by atomic mass is 10.2. The SMILES string of the molecule is Cc1cccc(N(CCC#N)S(=O)(=O)c2c(C3CC3)cnn2C)c1. The Kier molecular flexibility index (Phi) is 4.33. The Hall–Kier alpha value is -2.33. The van der Waals surface area contributed by atoms with Crippen LogP contribution in [0, 0.1) is 18.3 Å². The largest absolute Gasteiger partial charge is 0.281 e. The van der Waals surface area contributed by atoms with Gasteiger partial charge in [0.05, 0.1) is 24.4 Å². The Labute approximate surface area is 142 Å². The zero-order valence-corrected chi connectivity index (χ0v) is 14.6. The van der Waals surface area contributed by atoms with E-state index in [1.54, 1.807) is 19.3 Å². The third kappa shape index (κ3) is 3.02. The van der Waals surface area contributed by atoms with E-state index in [-0.39, 0.29) is 23.9 Å². The molecule has 0 N–H and O–H groups in total. The topological polar surface area (TPSA) is 79.0 Å². The van der Waals surface area contributed by atoms with Crippen LogP contribution in [0.1, 0.15) is 36.3 Å². The molecule has 0 saturated heterocycles. The Morgan fingerprint density at radius 2 is 2.17 bits per heavy atom. The number of nitriles is 1. The van der Waals surface area contributed by atoms with Crippen molar-refractivity contribution in [3.63, 3.8) is 0 Å². The summed E-state index contributed by atoms with van der Waals surface area (Å²) >= 11 is 0. The average molecular weight is 344 g/mol. The lowest BCUT2D eigenvalue weighted by molar-refractivity contribution is 0.570. The molecule has 1 fully saturated rings. The zero-order chi connectivity index (χ0) is 17.3. The zero-order valence-electron chi connectivity index (χ0n) is 13.8. The molecule has 0 aliphatic heterocycles. The van der Waals surface area contributed by atoms with E-state index in [4.69, 9.17) is 5.26 Å². The number of anilines is 1. The van der Waals surface area contributed by atoms with E-state index in [2.05, 4.69) is 5.10 Å². The summed E-state index contributed by atoms with van der Waals surface area (Å²) < 4.78 is 29.4. The lowest BCUT2D eigenvalue weighted by Gasteiger charge is -2.24. The fraction of sp³-hybridized carbons (Fsp3) is 0.412. The molecular formula is C17H20N4O2S. The maximum atomic E-state index is 13.3. The highest BCUT2D eigenvalue weighted by Crippen LogP contribution is 2.43. The molecule has 6 nitrogen and oxygen atoms in total. The number of rotatable bonds is 6. The summed E-state index contributed by atoms with van der Waals surface area (Å²) in [6.07, 6.45) is 3.78. The monoisotopic (exact) mass is 344 g/mol. The van der Waals surface area contributed by atoms with Crippen molar-refractivity contribution in [1.82, 2.24) is 9.78 Å². The van der Waals surface area contributed by atoms with Gasteiger partial charge in [0.25, 0.3) is 10.0 Å². The fourth-order valence-electron chi connectivity index (χ4n) is 2.86. The van der Waals surface area contributed by atoms with E-state index < -0.39 is 10.0 Å². The van der Waals surface area contributed by atoms with E-state index in [0.29, 0.717) is 5.69 Å². The summed E-state index contributed by atoms with van der Waals surface area (Å²) in [4.78, 5) is 0. The predicted octanol–water partition coefficient (Wildman–Crippen LogP) is 2.71. The van der Waals surface area contributed by atoms with Gasteiger partial charge in [0.2, 0.25) is 0 Å². The van der Waals surface area contributed by atoms with E-state index in [1.807, 2.05) is 31.2 Å². The lowest BCUT2D eigenvalue weighted by Crippen LogP contribution is -2.34. The van der Waals surface area contributed by atoms with Crippen molar-refractivity contribution >= 4 is 15.7 Å². The van der Waals surface area contributed by atoms with Crippen LogP contribution in [0.5, 0.6) is 0 Å². The number of benzene rings is 1. The second-order valence-corrected chi connectivity index (χ2v) is 7.90. The summed E-state index contributed by atoms with van der Waals surface area (Å²) in [6, 6.07) is 9.36. The molecule has 0 bridgehead atoms. The van der Waals surface area contributed by atoms with Crippen LogP contribution < -0.4 is 4.31 Å². The van der Waals surface area contributed by atoms with Crippen LogP contribution in [-0.2, 0) is 17.1 Å². The summed E-state index contributed by atoms with van der Waals surface area (Å²) in [5.41, 5.74) is 2.33. The molecule has 0 atom stereocenters. The molecule has 24 heavy (non-hydrogen) atoms. The summed E-state index contributed by atoms with van der Waals surface area (Å²) in [7, 11) is -2.13. The number of aryl methyl sites for hydroxylation is 2. The van der Waals surface area contributed by atoms with Crippen molar-refractivity contribution in [2.45, 2.75) is 37.1 Å². The molecule has 0 radical (unpaired) electrons. The molecule has 126 valence electrons. The summed E-state index contributed by atoms with van der Waals surface area (Å²) in [6.45, 7) is 2.04. The van der Waals surface area contributed by atoms with Gasteiger partial charge < -0.3 is 0 Å². The van der Waals surface area contributed by atoms with Crippen LogP contribution in [0.25, 0.3) is 0 Å². The van der Waals surface area contributed by atoms with Gasteiger partial charge in [-0.3, -0.25) is 8.99 Å². The Morgan fingerprint density at radius 3 is 2.79 bits per heavy atom. The van der Waals surface area contributed by atoms with Crippen LogP contribution in [-0.4, -0.2) is 24.7 Å². The molecule has 0 amide bonds. The Morgan fingerprint density at radius 1 is 1.42 bits per heavy atom. The molecule has 3 rings (SSSR count). The first-order valence-electron chi connectivity index (χ1n) is 7.93. The molecule has 1 saturated carbocycles. The van der Waals surface area contributed by atoms with Gasteiger partial charge in [-0.1, -0.05) is 12.1 Å². The van der Waals surface area contributed by atoms with Gasteiger partial charge in [-0.15, -0.1) is 0 Å². The van der Waals surface area contributed by atoms with Crippen molar-refractivity contribution < 1.29 is 8.42 Å². The maximum absolute atomic E-state index is 13.3. The number of hydrogen-bond donors (Lipinski definition) is 0. The van der Waals surface area contributed by atoms with E-state index >= 15 is 0 Å². The number of hydrogen-bond acceptors (Lipinski definition) is 4. The number of aromatic nitrogens is 2. The third-order valence-electron chi connectivity index (χ3n) is 4.18. The molecule has 1 aromatic carbocycles. The number of nitrogens with zero attached hydrogens (tertiary/aromatic N) is 4. The van der Waals surface area contributed by atoms with Gasteiger partial charge in [0.1, 0.15) is 0 Å². The first kappa shape index (κ1) is 16.5. The second-order valence-electron chi connectivity index (χ2n) is 6.13. The Balaban J connectivity index is 2.09. The molecule has 0 spiro atoms. The smallest absolute Gasteiger partial charge is 0.264 e. The molecule has 0 unspecified atom stereocenters. The van der Waals surface area contributed by atoms with Crippen molar-refractivity contribution in [2.24, 2.45) is 7.05 Å². The van der Waals surface area contributed by atoms with Gasteiger partial charge >= 0.3 is 0 Å². The average Bonchev–Trinajstić information content (AvgIpc) is 3.29. The minimum atomic E-state index is -3.78. The van der Waals surface area contributed by atoms with Gasteiger partial charge in [-0.2, -0.15) is 18.8 Å². The van der Waals surface area contributed by atoms with Gasteiger partial charge in [0.15, 0.2) is 5.03 Å². The van der Waals surface area contributed by atoms with Crippen molar-refractivity contribution in [3.8, 4) is 6.07 Å². The quantitative estimate of drug-likeness (QED) is 0.807. The van der Waals surface area contributed by atoms with E-state index in [9.17, 15) is 8.42 Å². The molecule has 2 aromatic rings. The predicted molar refractivity (Wildman–Crippen MR) is 91.1 cm³/mol. The first-order valence-corrected chi connectivity index (χ1v) is 9.37. The van der Waals surface area contributed by atoms with Crippen LogP contribution >= 0.6 is 0 Å². The van der Waals surface area contributed by atoms with Gasteiger partial charge in [0, 0.05) is 19.2 Å². The van der Waals surface area contributed by atoms with Crippen molar-refractivity contribution in [1.29, 1.82) is 5.26 Å². The highest BCUT2D eigenvalue weighted by molar-refractivity contribution is 7.92. The molecule has 1 aliphatic carbocycles. The Bertz CT molecular complexity index is 892. The van der Waals surface area contributed by atoms with E-state index in [0.717, 1.165) is 24.0 Å². The third-order valence-corrected chi connectivity index (χ3v) is 6.14. The maximum Gasteiger partial charge on any atom is 0.281 e. The summed E-state index contributed by atoms with van der Waals surface area (Å²) in [5.74, 6) is 0.277. The molecular weight excluding hydrogens is 324 g/mol. The second kappa shape index (κ2) is 6.29. The van der Waals surface area contributed by atoms with E-state index in [1.165, 1.54) is 8.99 Å². The molecule has 1 heterocycles.